The number of rotatable bonds is 3. The van der Waals surface area contributed by atoms with Gasteiger partial charge in [0.25, 0.3) is 0 Å². The maximum absolute atomic E-state index is 12.0. The van der Waals surface area contributed by atoms with Crippen molar-refractivity contribution >= 4 is 6.09 Å². The van der Waals surface area contributed by atoms with Crippen LogP contribution in [0, 0.1) is 5.92 Å². The number of ether oxygens (including phenoxy) is 1. The van der Waals surface area contributed by atoms with Crippen LogP contribution in [0.4, 0.5) is 4.79 Å². The van der Waals surface area contributed by atoms with Crippen molar-refractivity contribution in [2.75, 3.05) is 20.1 Å². The largest absolute Gasteiger partial charge is 0.445 e. The van der Waals surface area contributed by atoms with E-state index < -0.39 is 0 Å². The molecule has 0 aliphatic carbocycles. The summed E-state index contributed by atoms with van der Waals surface area (Å²) in [6.07, 6.45) is 0.808. The van der Waals surface area contributed by atoms with Crippen molar-refractivity contribution in [1.82, 2.24) is 10.2 Å². The molecule has 4 heteroatoms. The first-order valence-corrected chi connectivity index (χ1v) is 6.83. The zero-order chi connectivity index (χ0) is 13.7. The molecule has 0 aromatic heterocycles. The van der Waals surface area contributed by atoms with Gasteiger partial charge in [-0.3, -0.25) is 0 Å². The lowest BCUT2D eigenvalue weighted by atomic mass is 9.94. The van der Waals surface area contributed by atoms with Crippen LogP contribution in [0.15, 0.2) is 30.3 Å². The van der Waals surface area contributed by atoms with E-state index in [0.29, 0.717) is 18.6 Å². The van der Waals surface area contributed by atoms with Crippen molar-refractivity contribution < 1.29 is 9.53 Å². The second-order valence-electron chi connectivity index (χ2n) is 5.15. The number of hydrogen-bond acceptors (Lipinski definition) is 3. The number of carbonyl (C=O) groups excluding carboxylic acids is 1. The number of nitrogens with zero attached hydrogens (tertiary/aromatic N) is 1. The summed E-state index contributed by atoms with van der Waals surface area (Å²) in [7, 11) is 1.94. The van der Waals surface area contributed by atoms with Gasteiger partial charge in [-0.1, -0.05) is 37.3 Å². The summed E-state index contributed by atoms with van der Waals surface area (Å²) >= 11 is 0. The fraction of sp³-hybridized carbons (Fsp3) is 0.533. The number of carbonyl (C=O) groups is 1. The van der Waals surface area contributed by atoms with Crippen LogP contribution in [-0.4, -0.2) is 37.2 Å². The van der Waals surface area contributed by atoms with Crippen molar-refractivity contribution in [3.63, 3.8) is 0 Å². The monoisotopic (exact) mass is 262 g/mol. The van der Waals surface area contributed by atoms with Gasteiger partial charge in [0.15, 0.2) is 0 Å². The van der Waals surface area contributed by atoms with Crippen LogP contribution < -0.4 is 5.32 Å². The van der Waals surface area contributed by atoms with Gasteiger partial charge >= 0.3 is 6.09 Å². The molecule has 1 aliphatic heterocycles. The summed E-state index contributed by atoms with van der Waals surface area (Å²) in [4.78, 5) is 13.8. The first kappa shape index (κ1) is 13.9. The van der Waals surface area contributed by atoms with E-state index in [4.69, 9.17) is 4.74 Å². The smallest absolute Gasteiger partial charge is 0.410 e. The fourth-order valence-electron chi connectivity index (χ4n) is 2.42. The Kier molecular flexibility index (Phi) is 4.80. The fourth-order valence-corrected chi connectivity index (χ4v) is 2.42. The van der Waals surface area contributed by atoms with E-state index in [1.807, 2.05) is 37.4 Å². The summed E-state index contributed by atoms with van der Waals surface area (Å²) in [5.74, 6) is 0.600. The average Bonchev–Trinajstić information content (AvgIpc) is 2.46. The lowest BCUT2D eigenvalue weighted by molar-refractivity contribution is 0.0752. The van der Waals surface area contributed by atoms with Gasteiger partial charge in [0.2, 0.25) is 0 Å². The summed E-state index contributed by atoms with van der Waals surface area (Å²) in [5, 5.41) is 3.26. The minimum Gasteiger partial charge on any atom is -0.445 e. The highest BCUT2D eigenvalue weighted by molar-refractivity contribution is 5.67. The number of nitrogens with one attached hydrogen (secondary N) is 1. The van der Waals surface area contributed by atoms with E-state index in [0.717, 1.165) is 25.1 Å². The van der Waals surface area contributed by atoms with Gasteiger partial charge in [-0.05, 0) is 24.9 Å². The predicted molar refractivity (Wildman–Crippen MR) is 74.8 cm³/mol. The van der Waals surface area contributed by atoms with Crippen molar-refractivity contribution in [1.29, 1.82) is 0 Å². The molecule has 0 spiro atoms. The molecular weight excluding hydrogens is 240 g/mol. The van der Waals surface area contributed by atoms with Crippen molar-refractivity contribution in [3.8, 4) is 0 Å². The van der Waals surface area contributed by atoms with Crippen LogP contribution in [-0.2, 0) is 11.3 Å². The van der Waals surface area contributed by atoms with E-state index >= 15 is 0 Å². The predicted octanol–water partition coefficient (Wildman–Crippen LogP) is 2.25. The quantitative estimate of drug-likeness (QED) is 0.908. The molecule has 1 N–H and O–H groups in total. The Labute approximate surface area is 114 Å². The molecule has 0 radical (unpaired) electrons. The van der Waals surface area contributed by atoms with Gasteiger partial charge in [-0.2, -0.15) is 0 Å². The number of likely N-dealkylation sites (N-methyl/N-ethyl adjacent to an activating group) is 1. The second-order valence-corrected chi connectivity index (χ2v) is 5.15. The molecule has 1 saturated heterocycles. The highest BCUT2D eigenvalue weighted by Gasteiger charge is 2.28. The summed E-state index contributed by atoms with van der Waals surface area (Å²) in [6, 6.07) is 10.1. The second kappa shape index (κ2) is 6.57. The molecule has 1 aromatic rings. The third kappa shape index (κ3) is 3.70. The maximum atomic E-state index is 12.0. The normalized spacial score (nSPS) is 23.2. The lowest BCUT2D eigenvalue weighted by Crippen LogP contribution is -2.51. The first-order valence-electron chi connectivity index (χ1n) is 6.83. The van der Waals surface area contributed by atoms with Gasteiger partial charge in [-0.15, -0.1) is 0 Å². The number of likely N-dealkylation sites (tertiary alicyclic amines) is 1. The highest BCUT2D eigenvalue weighted by atomic mass is 16.6. The Balaban J connectivity index is 1.83. The van der Waals surface area contributed by atoms with Gasteiger partial charge in [0.05, 0.1) is 0 Å². The molecular formula is C15H22N2O2. The molecule has 2 rings (SSSR count). The van der Waals surface area contributed by atoms with Crippen molar-refractivity contribution in [2.45, 2.75) is 26.0 Å². The van der Waals surface area contributed by atoms with Gasteiger partial charge in [0, 0.05) is 19.1 Å². The minimum atomic E-state index is -0.212. The molecule has 0 saturated carbocycles. The molecule has 2 unspecified atom stereocenters. The topological polar surface area (TPSA) is 41.6 Å². The number of hydrogen-bond donors (Lipinski definition) is 1. The van der Waals surface area contributed by atoms with Crippen LogP contribution in [0.2, 0.25) is 0 Å². The van der Waals surface area contributed by atoms with E-state index in [1.54, 1.807) is 4.90 Å². The number of piperidine rings is 1. The number of amides is 1. The Hall–Kier alpha value is -1.55. The molecule has 1 amide bonds. The van der Waals surface area contributed by atoms with Crippen molar-refractivity contribution in [3.05, 3.63) is 35.9 Å². The Bertz CT molecular complexity index is 408. The van der Waals surface area contributed by atoms with Gasteiger partial charge < -0.3 is 15.0 Å². The summed E-state index contributed by atoms with van der Waals surface area (Å²) < 4.78 is 5.35. The standard InChI is InChI=1S/C15H22N2O2/c1-12-8-9-17(10-14(12)16-2)15(18)19-11-13-6-4-3-5-7-13/h3-7,12,14,16H,8-11H2,1-2H3. The summed E-state index contributed by atoms with van der Waals surface area (Å²) in [6.45, 7) is 4.07. The van der Waals surface area contributed by atoms with Crippen LogP contribution >= 0.6 is 0 Å². The third-order valence-electron chi connectivity index (χ3n) is 3.79. The van der Waals surface area contributed by atoms with E-state index in [-0.39, 0.29) is 6.09 Å². The molecule has 104 valence electrons. The molecule has 2 atom stereocenters. The molecule has 1 aromatic carbocycles. The lowest BCUT2D eigenvalue weighted by Gasteiger charge is -2.36. The van der Waals surface area contributed by atoms with E-state index in [1.165, 1.54) is 0 Å². The number of benzene rings is 1. The Morgan fingerprint density at radius 2 is 2.16 bits per heavy atom. The molecule has 1 fully saturated rings. The Morgan fingerprint density at radius 1 is 1.42 bits per heavy atom. The molecule has 1 heterocycles. The summed E-state index contributed by atoms with van der Waals surface area (Å²) in [5.41, 5.74) is 1.02. The molecule has 4 nitrogen and oxygen atoms in total. The zero-order valence-corrected chi connectivity index (χ0v) is 11.6. The van der Waals surface area contributed by atoms with Crippen LogP contribution in [0.1, 0.15) is 18.9 Å². The van der Waals surface area contributed by atoms with E-state index in [2.05, 4.69) is 12.2 Å². The third-order valence-corrected chi connectivity index (χ3v) is 3.79. The van der Waals surface area contributed by atoms with Gasteiger partial charge in [-0.25, -0.2) is 4.79 Å². The average molecular weight is 262 g/mol. The zero-order valence-electron chi connectivity index (χ0n) is 11.6. The van der Waals surface area contributed by atoms with Gasteiger partial charge in [0.1, 0.15) is 6.61 Å². The van der Waals surface area contributed by atoms with Crippen LogP contribution in [0.5, 0.6) is 0 Å². The van der Waals surface area contributed by atoms with Crippen LogP contribution in [0.3, 0.4) is 0 Å². The SMILES string of the molecule is CNC1CN(C(=O)OCc2ccccc2)CCC1C. The van der Waals surface area contributed by atoms with E-state index in [9.17, 15) is 4.79 Å². The Morgan fingerprint density at radius 3 is 2.84 bits per heavy atom. The first-order chi connectivity index (χ1) is 9.20. The minimum absolute atomic E-state index is 0.212. The molecule has 1 aliphatic rings. The molecule has 0 bridgehead atoms. The molecule has 19 heavy (non-hydrogen) atoms. The highest BCUT2D eigenvalue weighted by Crippen LogP contribution is 2.17. The maximum Gasteiger partial charge on any atom is 0.410 e. The van der Waals surface area contributed by atoms with Crippen LogP contribution in [0.25, 0.3) is 0 Å². The van der Waals surface area contributed by atoms with Crippen molar-refractivity contribution in [2.24, 2.45) is 5.92 Å².